The van der Waals surface area contributed by atoms with Crippen LogP contribution in [0.15, 0.2) is 18.2 Å². The summed E-state index contributed by atoms with van der Waals surface area (Å²) >= 11 is 11.9. The second-order valence-corrected chi connectivity index (χ2v) is 5.62. The Morgan fingerprint density at radius 1 is 1.05 bits per heavy atom. The van der Waals surface area contributed by atoms with Crippen LogP contribution in [0.2, 0.25) is 10.0 Å². The summed E-state index contributed by atoms with van der Waals surface area (Å²) in [7, 11) is 0. The fourth-order valence-electron chi connectivity index (χ4n) is 2.27. The minimum Gasteiger partial charge on any atom is -0.341 e. The zero-order valence-electron chi connectivity index (χ0n) is 11.2. The van der Waals surface area contributed by atoms with E-state index in [0.29, 0.717) is 41.8 Å². The van der Waals surface area contributed by atoms with Crippen molar-refractivity contribution in [1.29, 1.82) is 0 Å². The molecule has 1 aliphatic rings. The van der Waals surface area contributed by atoms with Crippen LogP contribution >= 0.6 is 23.2 Å². The van der Waals surface area contributed by atoms with Gasteiger partial charge in [0.1, 0.15) is 0 Å². The Bertz CT molecular complexity index is 534. The highest BCUT2D eigenvalue weighted by Gasteiger charge is 2.22. The van der Waals surface area contributed by atoms with Gasteiger partial charge in [0.05, 0.1) is 10.6 Å². The molecular weight excluding hydrogens is 299 g/mol. The van der Waals surface area contributed by atoms with E-state index in [9.17, 15) is 9.59 Å². The molecule has 1 fully saturated rings. The van der Waals surface area contributed by atoms with Crippen LogP contribution in [-0.4, -0.2) is 47.8 Å². The summed E-state index contributed by atoms with van der Waals surface area (Å²) in [6, 6.07) is 4.86. The topological polar surface area (TPSA) is 40.6 Å². The monoisotopic (exact) mass is 314 g/mol. The van der Waals surface area contributed by atoms with E-state index in [1.165, 1.54) is 0 Å². The van der Waals surface area contributed by atoms with Crippen molar-refractivity contribution in [1.82, 2.24) is 9.80 Å². The summed E-state index contributed by atoms with van der Waals surface area (Å²) in [5.74, 6) is -0.0686. The minimum atomic E-state index is -0.114. The highest BCUT2D eigenvalue weighted by Crippen LogP contribution is 2.22. The molecule has 6 heteroatoms. The van der Waals surface area contributed by atoms with Crippen LogP contribution in [0.25, 0.3) is 0 Å². The highest BCUT2D eigenvalue weighted by atomic mass is 35.5. The number of nitrogens with zero attached hydrogens (tertiary/aromatic N) is 2. The standard InChI is InChI=1S/C14H16Cl2N2O2/c1-10(19)17-5-2-6-18(8-7-17)14(20)12-4-3-11(15)9-13(12)16/h3-4,9H,2,5-8H2,1H3. The van der Waals surface area contributed by atoms with Crippen LogP contribution in [0, 0.1) is 0 Å². The number of halogens is 2. The van der Waals surface area contributed by atoms with E-state index in [-0.39, 0.29) is 11.8 Å². The molecular formula is C14H16Cl2N2O2. The third-order valence-electron chi connectivity index (χ3n) is 3.39. The number of benzene rings is 1. The number of hydrogen-bond donors (Lipinski definition) is 0. The van der Waals surface area contributed by atoms with Crippen molar-refractivity contribution in [3.05, 3.63) is 33.8 Å². The molecule has 0 aliphatic carbocycles. The first-order chi connectivity index (χ1) is 9.49. The molecule has 1 aromatic rings. The van der Waals surface area contributed by atoms with Gasteiger partial charge in [-0.3, -0.25) is 9.59 Å². The van der Waals surface area contributed by atoms with Crippen LogP contribution in [0.3, 0.4) is 0 Å². The molecule has 1 aromatic carbocycles. The molecule has 0 radical (unpaired) electrons. The number of hydrogen-bond acceptors (Lipinski definition) is 2. The quantitative estimate of drug-likeness (QED) is 0.799. The molecule has 1 aliphatic heterocycles. The van der Waals surface area contributed by atoms with Crippen molar-refractivity contribution in [3.8, 4) is 0 Å². The minimum absolute atomic E-state index is 0.0452. The lowest BCUT2D eigenvalue weighted by Gasteiger charge is -2.22. The van der Waals surface area contributed by atoms with Crippen molar-refractivity contribution < 1.29 is 9.59 Å². The van der Waals surface area contributed by atoms with Gasteiger partial charge < -0.3 is 9.80 Å². The molecule has 0 unspecified atom stereocenters. The number of rotatable bonds is 1. The van der Waals surface area contributed by atoms with Crippen LogP contribution < -0.4 is 0 Å². The summed E-state index contributed by atoms with van der Waals surface area (Å²) in [6.45, 7) is 3.95. The summed E-state index contributed by atoms with van der Waals surface area (Å²) in [5, 5.41) is 0.861. The van der Waals surface area contributed by atoms with Crippen molar-refractivity contribution >= 4 is 35.0 Å². The van der Waals surface area contributed by atoms with E-state index >= 15 is 0 Å². The molecule has 0 atom stereocenters. The molecule has 20 heavy (non-hydrogen) atoms. The second-order valence-electron chi connectivity index (χ2n) is 4.78. The smallest absolute Gasteiger partial charge is 0.255 e. The Hall–Kier alpha value is -1.26. The van der Waals surface area contributed by atoms with Crippen molar-refractivity contribution in [2.45, 2.75) is 13.3 Å². The van der Waals surface area contributed by atoms with Gasteiger partial charge in [-0.2, -0.15) is 0 Å². The van der Waals surface area contributed by atoms with Gasteiger partial charge in [0, 0.05) is 38.1 Å². The third kappa shape index (κ3) is 3.44. The van der Waals surface area contributed by atoms with Crippen molar-refractivity contribution in [3.63, 3.8) is 0 Å². The van der Waals surface area contributed by atoms with Gasteiger partial charge in [-0.25, -0.2) is 0 Å². The molecule has 4 nitrogen and oxygen atoms in total. The Balaban J connectivity index is 2.11. The second kappa shape index (κ2) is 6.46. The summed E-state index contributed by atoms with van der Waals surface area (Å²) < 4.78 is 0. The maximum Gasteiger partial charge on any atom is 0.255 e. The van der Waals surface area contributed by atoms with E-state index in [1.807, 2.05) is 0 Å². The average Bonchev–Trinajstić information content (AvgIpc) is 2.63. The number of carbonyl (C=O) groups is 2. The molecule has 0 saturated carbocycles. The Kier molecular flexibility index (Phi) is 4.89. The predicted molar refractivity (Wildman–Crippen MR) is 79.2 cm³/mol. The summed E-state index contributed by atoms with van der Waals surface area (Å²) in [6.07, 6.45) is 0.774. The third-order valence-corrected chi connectivity index (χ3v) is 3.94. The molecule has 1 saturated heterocycles. The Morgan fingerprint density at radius 3 is 2.35 bits per heavy atom. The Labute approximate surface area is 128 Å². The first-order valence-corrected chi connectivity index (χ1v) is 7.24. The van der Waals surface area contributed by atoms with Crippen LogP contribution in [-0.2, 0) is 4.79 Å². The molecule has 0 N–H and O–H groups in total. The fourth-order valence-corrected chi connectivity index (χ4v) is 2.76. The SMILES string of the molecule is CC(=O)N1CCCN(C(=O)c2ccc(Cl)cc2Cl)CC1. The lowest BCUT2D eigenvalue weighted by atomic mass is 10.2. The van der Waals surface area contributed by atoms with Crippen molar-refractivity contribution in [2.24, 2.45) is 0 Å². The van der Waals surface area contributed by atoms with E-state index < -0.39 is 0 Å². The van der Waals surface area contributed by atoms with E-state index in [4.69, 9.17) is 23.2 Å². The lowest BCUT2D eigenvalue weighted by Crippen LogP contribution is -2.36. The zero-order valence-corrected chi connectivity index (χ0v) is 12.7. The van der Waals surface area contributed by atoms with E-state index in [0.717, 1.165) is 6.42 Å². The van der Waals surface area contributed by atoms with Gasteiger partial charge in [-0.05, 0) is 24.6 Å². The van der Waals surface area contributed by atoms with Crippen LogP contribution in [0.5, 0.6) is 0 Å². The maximum atomic E-state index is 12.5. The summed E-state index contributed by atoms with van der Waals surface area (Å²) in [5.41, 5.74) is 0.451. The number of carbonyl (C=O) groups excluding carboxylic acids is 2. The van der Waals surface area contributed by atoms with Gasteiger partial charge in [0.25, 0.3) is 5.91 Å². The molecule has 0 aromatic heterocycles. The molecule has 108 valence electrons. The maximum absolute atomic E-state index is 12.5. The molecule has 1 heterocycles. The van der Waals surface area contributed by atoms with Crippen LogP contribution in [0.1, 0.15) is 23.7 Å². The van der Waals surface area contributed by atoms with E-state index in [2.05, 4.69) is 0 Å². The first kappa shape index (κ1) is 15.1. The molecule has 0 bridgehead atoms. The fraction of sp³-hybridized carbons (Fsp3) is 0.429. The van der Waals surface area contributed by atoms with Gasteiger partial charge in [0.15, 0.2) is 0 Å². The first-order valence-electron chi connectivity index (χ1n) is 6.49. The molecule has 0 spiro atoms. The summed E-state index contributed by atoms with van der Waals surface area (Å²) in [4.78, 5) is 27.3. The van der Waals surface area contributed by atoms with Gasteiger partial charge >= 0.3 is 0 Å². The zero-order chi connectivity index (χ0) is 14.7. The number of amides is 2. The van der Waals surface area contributed by atoms with Crippen molar-refractivity contribution in [2.75, 3.05) is 26.2 Å². The van der Waals surface area contributed by atoms with Gasteiger partial charge in [-0.1, -0.05) is 23.2 Å². The highest BCUT2D eigenvalue weighted by molar-refractivity contribution is 6.36. The van der Waals surface area contributed by atoms with E-state index in [1.54, 1.807) is 34.9 Å². The molecule has 2 amide bonds. The largest absolute Gasteiger partial charge is 0.341 e. The predicted octanol–water partition coefficient (Wildman–Crippen LogP) is 2.69. The van der Waals surface area contributed by atoms with Gasteiger partial charge in [-0.15, -0.1) is 0 Å². The molecule has 2 rings (SSSR count). The average molecular weight is 315 g/mol. The normalized spacial score (nSPS) is 15.9. The van der Waals surface area contributed by atoms with Crippen LogP contribution in [0.4, 0.5) is 0 Å². The Morgan fingerprint density at radius 2 is 1.70 bits per heavy atom. The van der Waals surface area contributed by atoms with Gasteiger partial charge in [0.2, 0.25) is 5.91 Å². The lowest BCUT2D eigenvalue weighted by molar-refractivity contribution is -0.128.